The number of ketones is 2. The van der Waals surface area contributed by atoms with Crippen LogP contribution in [0.4, 0.5) is 18.9 Å². The molecule has 2 aromatic carbocycles. The maximum atomic E-state index is 14.2. The number of hydrogen-bond donors (Lipinski definition) is 5. The summed E-state index contributed by atoms with van der Waals surface area (Å²) in [6, 6.07) is 5.65. The quantitative estimate of drug-likeness (QED) is 0.326. The fraction of sp³-hybridized carbons (Fsp3) is 0.387. The zero-order valence-corrected chi connectivity index (χ0v) is 23.8. The molecule has 0 radical (unpaired) electrons. The summed E-state index contributed by atoms with van der Waals surface area (Å²) in [4.78, 5) is 41.2. The van der Waals surface area contributed by atoms with E-state index in [0.29, 0.717) is 11.3 Å². The molecule has 1 fully saturated rings. The molecule has 0 unspecified atom stereocenters. The number of aromatic hydroxyl groups is 1. The number of carbonyl (C=O) groups is 3. The Hall–Kier alpha value is -4.32. The number of anilines is 1. The maximum Gasteiger partial charge on any atom is 0.416 e. The average Bonchev–Trinajstić information content (AvgIpc) is 2.90. The summed E-state index contributed by atoms with van der Waals surface area (Å²) in [6.07, 6.45) is -4.44. The van der Waals surface area contributed by atoms with Gasteiger partial charge in [-0.3, -0.25) is 14.4 Å². The Morgan fingerprint density at radius 1 is 1.12 bits per heavy atom. The summed E-state index contributed by atoms with van der Waals surface area (Å²) in [7, 11) is 3.40. The molecule has 3 aliphatic rings. The van der Waals surface area contributed by atoms with E-state index >= 15 is 0 Å². The molecular weight excluding hydrogens is 569 g/mol. The number of nitrogens with zero attached hydrogens (tertiary/aromatic N) is 1. The van der Waals surface area contributed by atoms with Gasteiger partial charge in [0.1, 0.15) is 22.8 Å². The van der Waals surface area contributed by atoms with E-state index in [-0.39, 0.29) is 41.5 Å². The fourth-order valence-electron chi connectivity index (χ4n) is 7.13. The lowest BCUT2D eigenvalue weighted by molar-refractivity contribution is -0.156. The molecule has 6 N–H and O–H groups in total. The van der Waals surface area contributed by atoms with E-state index in [0.717, 1.165) is 12.1 Å². The minimum atomic E-state index is -4.58. The van der Waals surface area contributed by atoms with Gasteiger partial charge < -0.3 is 31.1 Å². The van der Waals surface area contributed by atoms with Crippen molar-refractivity contribution in [1.29, 1.82) is 0 Å². The van der Waals surface area contributed by atoms with E-state index in [1.54, 1.807) is 38.9 Å². The lowest BCUT2D eigenvalue weighted by Crippen LogP contribution is -2.63. The first-order chi connectivity index (χ1) is 19.9. The highest BCUT2D eigenvalue weighted by Crippen LogP contribution is 2.60. The van der Waals surface area contributed by atoms with Crippen LogP contribution in [0.25, 0.3) is 16.9 Å². The zero-order chi connectivity index (χ0) is 32.0. The molecule has 0 spiro atoms. The van der Waals surface area contributed by atoms with Crippen molar-refractivity contribution in [2.45, 2.75) is 44.9 Å². The SMILES string of the molecule is CC[C@@H]1C(=O)C(C(N)=O)=C(O)[C@@]2(O)C(=O)C3=C(O)c4c(O)c(-c5ccc(C(F)(F)F)cc5)cc(N(C)C)c4C[C@@]3(C)C[C@@H]12. The highest BCUT2D eigenvalue weighted by molar-refractivity contribution is 6.23. The number of fused-ring (bicyclic) bond motifs is 3. The van der Waals surface area contributed by atoms with Gasteiger partial charge in [-0.2, -0.15) is 13.2 Å². The van der Waals surface area contributed by atoms with Crippen molar-refractivity contribution >= 4 is 28.9 Å². The Labute approximate surface area is 244 Å². The van der Waals surface area contributed by atoms with E-state index in [1.807, 2.05) is 0 Å². The Morgan fingerprint density at radius 2 is 1.72 bits per heavy atom. The second-order valence-corrected chi connectivity index (χ2v) is 11.9. The van der Waals surface area contributed by atoms with Crippen molar-refractivity contribution < 1.29 is 48.0 Å². The molecule has 0 bridgehead atoms. The summed E-state index contributed by atoms with van der Waals surface area (Å²) < 4.78 is 39.5. The standard InChI is InChI=1S/C31H31F3N2O7/c1-5-15-18-12-29(2)11-17-19(36(3)4)10-16(13-6-8-14(9-7-13)31(32,33)34)24(38)20(17)25(39)22(29)27(41)30(18,43)26(40)21(23(15)37)28(35)42/h6-10,15,18,38-40,43H,5,11-12H2,1-4H3,(H2,35,42)/t15-,18-,29-,30+/m0/s1. The lowest BCUT2D eigenvalue weighted by atomic mass is 9.51. The van der Waals surface area contributed by atoms with E-state index in [9.17, 15) is 48.0 Å². The molecule has 12 heteroatoms. The number of nitrogens with two attached hydrogens (primary N) is 1. The number of benzene rings is 2. The van der Waals surface area contributed by atoms with Crippen LogP contribution in [0.15, 0.2) is 47.2 Å². The number of phenolic OH excluding ortho intramolecular Hbond substituents is 1. The topological polar surface area (TPSA) is 161 Å². The van der Waals surface area contributed by atoms with E-state index in [2.05, 4.69) is 0 Å². The van der Waals surface area contributed by atoms with Crippen LogP contribution >= 0.6 is 0 Å². The Kier molecular flexibility index (Phi) is 6.73. The normalized spacial score (nSPS) is 27.1. The number of carbonyl (C=O) groups excluding carboxylic acids is 3. The van der Waals surface area contributed by atoms with Crippen molar-refractivity contribution in [2.75, 3.05) is 19.0 Å². The molecule has 0 aliphatic heterocycles. The van der Waals surface area contributed by atoms with Crippen LogP contribution in [0.5, 0.6) is 5.75 Å². The summed E-state index contributed by atoms with van der Waals surface area (Å²) >= 11 is 0. The van der Waals surface area contributed by atoms with Crippen LogP contribution in [-0.4, -0.2) is 57.6 Å². The molecule has 3 aliphatic carbocycles. The van der Waals surface area contributed by atoms with Gasteiger partial charge in [-0.05, 0) is 48.6 Å². The van der Waals surface area contributed by atoms with Gasteiger partial charge in [-0.1, -0.05) is 26.0 Å². The average molecular weight is 601 g/mol. The predicted molar refractivity (Wildman–Crippen MR) is 150 cm³/mol. The maximum absolute atomic E-state index is 14.2. The first-order valence-electron chi connectivity index (χ1n) is 13.6. The predicted octanol–water partition coefficient (Wildman–Crippen LogP) is 4.20. The molecule has 0 aromatic heterocycles. The number of halogens is 3. The van der Waals surface area contributed by atoms with Crippen LogP contribution in [0.1, 0.15) is 43.4 Å². The second-order valence-electron chi connectivity index (χ2n) is 11.9. The molecular formula is C31H31F3N2O7. The van der Waals surface area contributed by atoms with Gasteiger partial charge in [0.05, 0.1) is 11.1 Å². The largest absolute Gasteiger partial charge is 0.508 e. The van der Waals surface area contributed by atoms with Crippen LogP contribution in [-0.2, 0) is 27.0 Å². The molecule has 0 saturated heterocycles. The van der Waals surface area contributed by atoms with Crippen LogP contribution < -0.4 is 10.6 Å². The molecule has 228 valence electrons. The minimum Gasteiger partial charge on any atom is -0.508 e. The molecule has 1 saturated carbocycles. The highest BCUT2D eigenvalue weighted by Gasteiger charge is 2.66. The third-order valence-electron chi connectivity index (χ3n) is 9.17. The Balaban J connectivity index is 1.77. The Bertz CT molecular complexity index is 1660. The summed E-state index contributed by atoms with van der Waals surface area (Å²) in [6.45, 7) is 3.31. The number of rotatable bonds is 4. The number of primary amides is 1. The van der Waals surface area contributed by atoms with E-state index < -0.39 is 74.9 Å². The molecule has 5 rings (SSSR count). The van der Waals surface area contributed by atoms with E-state index in [1.165, 1.54) is 12.1 Å². The molecule has 0 heterocycles. The van der Waals surface area contributed by atoms with E-state index in [4.69, 9.17) is 5.73 Å². The minimum absolute atomic E-state index is 0.0529. The van der Waals surface area contributed by atoms with Crippen molar-refractivity contribution in [2.24, 2.45) is 23.0 Å². The van der Waals surface area contributed by atoms with Gasteiger partial charge >= 0.3 is 6.18 Å². The van der Waals surface area contributed by atoms with Crippen molar-refractivity contribution in [3.63, 3.8) is 0 Å². The molecule has 2 aromatic rings. The molecule has 9 nitrogen and oxygen atoms in total. The smallest absolute Gasteiger partial charge is 0.416 e. The second kappa shape index (κ2) is 9.60. The van der Waals surface area contributed by atoms with Crippen molar-refractivity contribution in [3.05, 3.63) is 63.9 Å². The van der Waals surface area contributed by atoms with Crippen LogP contribution in [0, 0.1) is 17.3 Å². The summed E-state index contributed by atoms with van der Waals surface area (Å²) in [5.41, 5.74) is 0.421. The zero-order valence-electron chi connectivity index (χ0n) is 23.8. The number of amides is 1. The number of aliphatic hydroxyl groups is 3. The van der Waals surface area contributed by atoms with Gasteiger partial charge in [-0.15, -0.1) is 0 Å². The number of hydrogen-bond acceptors (Lipinski definition) is 8. The number of Topliss-reactive ketones (excluding diaryl/α,β-unsaturated/α-hetero) is 2. The monoisotopic (exact) mass is 600 g/mol. The third-order valence-corrected chi connectivity index (χ3v) is 9.17. The van der Waals surface area contributed by atoms with Gasteiger partial charge in [-0.25, -0.2) is 0 Å². The number of aliphatic hydroxyl groups excluding tert-OH is 2. The van der Waals surface area contributed by atoms with Crippen LogP contribution in [0.2, 0.25) is 0 Å². The first-order valence-corrected chi connectivity index (χ1v) is 13.6. The molecule has 4 atom stereocenters. The van der Waals surface area contributed by atoms with Gasteiger partial charge in [0.25, 0.3) is 5.91 Å². The number of alkyl halides is 3. The van der Waals surface area contributed by atoms with Gasteiger partial charge in [0, 0.05) is 48.2 Å². The molecule has 43 heavy (non-hydrogen) atoms. The molecule has 1 amide bonds. The highest BCUT2D eigenvalue weighted by atomic mass is 19.4. The summed E-state index contributed by atoms with van der Waals surface area (Å²) in [5, 5.41) is 46.0. The lowest BCUT2D eigenvalue weighted by Gasteiger charge is -2.53. The van der Waals surface area contributed by atoms with Gasteiger partial charge in [0.15, 0.2) is 11.4 Å². The number of phenols is 1. The Morgan fingerprint density at radius 3 is 2.23 bits per heavy atom. The third kappa shape index (κ3) is 4.14. The van der Waals surface area contributed by atoms with Gasteiger partial charge in [0.2, 0.25) is 5.78 Å². The fourth-order valence-corrected chi connectivity index (χ4v) is 7.13. The van der Waals surface area contributed by atoms with Crippen LogP contribution in [0.3, 0.4) is 0 Å². The van der Waals surface area contributed by atoms with Crippen molar-refractivity contribution in [1.82, 2.24) is 0 Å². The van der Waals surface area contributed by atoms with Crippen molar-refractivity contribution in [3.8, 4) is 16.9 Å². The first kappa shape index (κ1) is 30.1. The summed E-state index contributed by atoms with van der Waals surface area (Å²) in [5.74, 6) is -7.76.